The van der Waals surface area contributed by atoms with Crippen molar-refractivity contribution in [3.05, 3.63) is 35.9 Å². The summed E-state index contributed by atoms with van der Waals surface area (Å²) in [6.07, 6.45) is -1.07. The van der Waals surface area contributed by atoms with E-state index in [9.17, 15) is 19.8 Å². The highest BCUT2D eigenvalue weighted by molar-refractivity contribution is 5.89. The average Bonchev–Trinajstić information content (AvgIpc) is 3.34. The first-order chi connectivity index (χ1) is 20.6. The third kappa shape index (κ3) is 3.33. The predicted molar refractivity (Wildman–Crippen MR) is 150 cm³/mol. The number of esters is 2. The number of aliphatic hydroxyl groups excluding tert-OH is 1. The van der Waals surface area contributed by atoms with E-state index in [0.29, 0.717) is 12.2 Å². The van der Waals surface area contributed by atoms with Crippen LogP contribution in [0.2, 0.25) is 0 Å². The number of carbonyl (C=O) groups excluding carboxylic acids is 2. The quantitative estimate of drug-likeness (QED) is 0.422. The maximum absolute atomic E-state index is 13.6. The maximum atomic E-state index is 13.6. The highest BCUT2D eigenvalue weighted by Gasteiger charge is 2.90. The van der Waals surface area contributed by atoms with Gasteiger partial charge in [0.05, 0.1) is 36.3 Å². The largest absolute Gasteiger partial charge is 0.455 e. The molecule has 1 aliphatic heterocycles. The van der Waals surface area contributed by atoms with Crippen LogP contribution in [0.25, 0.3) is 0 Å². The van der Waals surface area contributed by atoms with Crippen LogP contribution >= 0.6 is 0 Å². The summed E-state index contributed by atoms with van der Waals surface area (Å²) in [5.74, 6) is -3.29. The molecule has 2 N–H and O–H groups in total. The molecule has 1 aromatic rings. The number of aliphatic imine (C=N–C) groups is 1. The first-order valence-corrected chi connectivity index (χ1v) is 15.1. The van der Waals surface area contributed by atoms with E-state index in [1.54, 1.807) is 51.7 Å². The molecular formula is C32H41NO10. The van der Waals surface area contributed by atoms with E-state index in [1.165, 1.54) is 14.0 Å². The maximum Gasteiger partial charge on any atom is 0.338 e. The number of methoxy groups -OCH3 is 4. The molecule has 7 bridgehead atoms. The Morgan fingerprint density at radius 2 is 1.77 bits per heavy atom. The summed E-state index contributed by atoms with van der Waals surface area (Å²) in [6, 6.07) is 8.10. The molecule has 0 saturated heterocycles. The van der Waals surface area contributed by atoms with E-state index in [2.05, 4.69) is 0 Å². The van der Waals surface area contributed by atoms with Gasteiger partial charge in [0.15, 0.2) is 5.60 Å². The van der Waals surface area contributed by atoms with E-state index >= 15 is 0 Å². The van der Waals surface area contributed by atoms with E-state index in [4.69, 9.17) is 33.4 Å². The van der Waals surface area contributed by atoms with Crippen LogP contribution in [0.1, 0.15) is 36.5 Å². The van der Waals surface area contributed by atoms with Gasteiger partial charge in [-0.15, -0.1) is 0 Å². The highest BCUT2D eigenvalue weighted by Crippen LogP contribution is 2.79. The van der Waals surface area contributed by atoms with Crippen LogP contribution in [0.4, 0.5) is 0 Å². The zero-order valence-corrected chi connectivity index (χ0v) is 25.2. The zero-order valence-electron chi connectivity index (χ0n) is 25.2. The number of hydrogen-bond donors (Lipinski definition) is 2. The third-order valence-corrected chi connectivity index (χ3v) is 12.1. The Hall–Kier alpha value is -2.41. The molecule has 0 amide bonds. The van der Waals surface area contributed by atoms with Crippen molar-refractivity contribution in [2.45, 2.75) is 73.9 Å². The molecule has 5 aliphatic carbocycles. The Balaban J connectivity index is 1.49. The van der Waals surface area contributed by atoms with Crippen molar-refractivity contribution in [3.8, 4) is 0 Å². The topological polar surface area (TPSA) is 142 Å². The van der Waals surface area contributed by atoms with Crippen LogP contribution in [0.3, 0.4) is 0 Å². The Bertz CT molecular complexity index is 1320. The van der Waals surface area contributed by atoms with Crippen LogP contribution in [-0.2, 0) is 33.2 Å². The van der Waals surface area contributed by atoms with Crippen LogP contribution in [0, 0.1) is 34.5 Å². The number of rotatable bonds is 8. The minimum absolute atomic E-state index is 0.123. The summed E-state index contributed by atoms with van der Waals surface area (Å²) in [5.41, 5.74) is -4.30. The Kier molecular flexibility index (Phi) is 6.68. The number of hydrogen-bond acceptors (Lipinski definition) is 11. The van der Waals surface area contributed by atoms with Gasteiger partial charge in [-0.3, -0.25) is 9.79 Å². The highest BCUT2D eigenvalue weighted by atomic mass is 16.6. The molecule has 234 valence electrons. The van der Waals surface area contributed by atoms with Gasteiger partial charge in [0, 0.05) is 64.2 Å². The molecule has 5 saturated carbocycles. The van der Waals surface area contributed by atoms with Crippen molar-refractivity contribution >= 4 is 18.2 Å². The molecule has 43 heavy (non-hydrogen) atoms. The van der Waals surface area contributed by atoms with Crippen molar-refractivity contribution in [3.63, 3.8) is 0 Å². The van der Waals surface area contributed by atoms with E-state index in [-0.39, 0.29) is 18.4 Å². The second-order valence-corrected chi connectivity index (χ2v) is 13.4. The number of aliphatic hydroxyl groups is 2. The second kappa shape index (κ2) is 9.79. The predicted octanol–water partition coefficient (Wildman–Crippen LogP) is 1.43. The summed E-state index contributed by atoms with van der Waals surface area (Å²) in [5, 5.41) is 24.9. The number of carbonyl (C=O) groups is 2. The average molecular weight is 600 g/mol. The first-order valence-electron chi connectivity index (χ1n) is 15.1. The van der Waals surface area contributed by atoms with Crippen LogP contribution in [0.15, 0.2) is 35.3 Å². The molecule has 1 heterocycles. The Morgan fingerprint density at radius 1 is 1.02 bits per heavy atom. The van der Waals surface area contributed by atoms with E-state index in [0.717, 1.165) is 12.8 Å². The lowest BCUT2D eigenvalue weighted by atomic mass is 9.44. The number of ether oxygens (including phenoxy) is 6. The van der Waals surface area contributed by atoms with Crippen molar-refractivity contribution in [2.24, 2.45) is 39.5 Å². The van der Waals surface area contributed by atoms with Gasteiger partial charge in [0.2, 0.25) is 0 Å². The molecule has 1 spiro atoms. The minimum atomic E-state index is -1.78. The van der Waals surface area contributed by atoms with Gasteiger partial charge in [0.1, 0.15) is 23.9 Å². The van der Waals surface area contributed by atoms with Crippen molar-refractivity contribution in [1.29, 1.82) is 0 Å². The van der Waals surface area contributed by atoms with Crippen molar-refractivity contribution < 1.29 is 48.2 Å². The molecule has 0 radical (unpaired) electrons. The smallest absolute Gasteiger partial charge is 0.338 e. The van der Waals surface area contributed by atoms with E-state index < -0.39 is 82.2 Å². The molecule has 7 rings (SSSR count). The van der Waals surface area contributed by atoms with Crippen LogP contribution < -0.4 is 0 Å². The van der Waals surface area contributed by atoms with Gasteiger partial charge >= 0.3 is 11.9 Å². The van der Waals surface area contributed by atoms with Crippen LogP contribution in [-0.4, -0.2) is 111 Å². The molecule has 11 nitrogen and oxygen atoms in total. The third-order valence-electron chi connectivity index (χ3n) is 12.1. The standard InChI is InChI=1S/C32H41NO10/c1-16(34)43-32-20-18(13-30(37,27(41-5)25(32)35)26(20)42-28(36)17-9-7-6-8-10-17)31-19(39-3)11-12-29(15-38-2)14-33-24(31)21(32)22(40-4)23(29)31/h6-10,14,18-27,35,37H,11-13,15H2,1-5H3/t18-,19+,20-,21-,22+,23-,24?,25+,26-,27+,29+,30-,31+,32-/m1/s1. The Labute approximate surface area is 250 Å². The fourth-order valence-corrected chi connectivity index (χ4v) is 11.3. The van der Waals surface area contributed by atoms with Gasteiger partial charge in [-0.25, -0.2) is 4.79 Å². The summed E-state index contributed by atoms with van der Waals surface area (Å²) >= 11 is 0. The van der Waals surface area contributed by atoms with Gasteiger partial charge in [-0.2, -0.15) is 0 Å². The molecule has 1 aromatic carbocycles. The Morgan fingerprint density at radius 3 is 2.40 bits per heavy atom. The normalized spacial score (nSPS) is 49.9. The fourth-order valence-electron chi connectivity index (χ4n) is 11.3. The second-order valence-electron chi connectivity index (χ2n) is 13.4. The summed E-state index contributed by atoms with van der Waals surface area (Å²) in [6.45, 7) is 1.70. The minimum Gasteiger partial charge on any atom is -0.455 e. The molecule has 14 atom stereocenters. The molecular weight excluding hydrogens is 558 g/mol. The lowest BCUT2D eigenvalue weighted by molar-refractivity contribution is -0.305. The molecule has 6 aliphatic rings. The van der Waals surface area contributed by atoms with Crippen molar-refractivity contribution in [2.75, 3.05) is 35.0 Å². The number of benzene rings is 1. The fraction of sp³-hybridized carbons (Fsp3) is 0.719. The van der Waals surface area contributed by atoms with Gasteiger partial charge in [-0.1, -0.05) is 18.2 Å². The number of nitrogens with zero attached hydrogens (tertiary/aromatic N) is 1. The summed E-state index contributed by atoms with van der Waals surface area (Å²) < 4.78 is 37.0. The lowest BCUT2D eigenvalue weighted by Gasteiger charge is -2.65. The van der Waals surface area contributed by atoms with Crippen molar-refractivity contribution in [1.82, 2.24) is 0 Å². The zero-order chi connectivity index (χ0) is 30.5. The van der Waals surface area contributed by atoms with Gasteiger partial charge in [0.25, 0.3) is 0 Å². The summed E-state index contributed by atoms with van der Waals surface area (Å²) in [7, 11) is 6.40. The van der Waals surface area contributed by atoms with Gasteiger partial charge < -0.3 is 38.6 Å². The molecule has 0 aromatic heterocycles. The first kappa shape index (κ1) is 29.3. The molecule has 5 fully saturated rings. The van der Waals surface area contributed by atoms with Crippen LogP contribution in [0.5, 0.6) is 0 Å². The summed E-state index contributed by atoms with van der Waals surface area (Å²) in [4.78, 5) is 31.9. The lowest BCUT2D eigenvalue weighted by Crippen LogP contribution is -2.78. The molecule has 1 unspecified atom stereocenters. The number of fused-ring (bicyclic) bond motifs is 2. The monoisotopic (exact) mass is 599 g/mol. The van der Waals surface area contributed by atoms with Gasteiger partial charge in [-0.05, 0) is 37.3 Å². The molecule has 11 heteroatoms. The van der Waals surface area contributed by atoms with E-state index in [1.807, 2.05) is 6.21 Å². The SMILES string of the molecule is COC[C@]12C=NC3[C@H]4[C@H](OC)[C@H]1[C@@]3([C@@H](OC)CC2)[C@@H]1C[C@@]2(O)[C@H](OC(=O)c3ccccc3)[C@@H]1[C@]4(OC(C)=O)[C@@H](O)[C@@H]2OC.